The molecule has 0 radical (unpaired) electrons. The highest BCUT2D eigenvalue weighted by Gasteiger charge is 2.16. The van der Waals surface area contributed by atoms with E-state index in [1.54, 1.807) is 0 Å². The van der Waals surface area contributed by atoms with Crippen molar-refractivity contribution in [1.29, 1.82) is 0 Å². The number of benzene rings is 2. The predicted molar refractivity (Wildman–Crippen MR) is 102 cm³/mol. The first-order valence-corrected chi connectivity index (χ1v) is 8.65. The molecular weight excluding hydrogens is 300 g/mol. The number of hydrogen-bond donors (Lipinski definition) is 1. The van der Waals surface area contributed by atoms with Crippen LogP contribution in [0, 0.1) is 27.7 Å². The lowest BCUT2D eigenvalue weighted by molar-refractivity contribution is -0.218. The van der Waals surface area contributed by atoms with E-state index in [0.29, 0.717) is 18.1 Å². The highest BCUT2D eigenvalue weighted by molar-refractivity contribution is 5.56. The van der Waals surface area contributed by atoms with Crippen LogP contribution in [0.3, 0.4) is 0 Å². The molecule has 0 aromatic heterocycles. The van der Waals surface area contributed by atoms with Crippen LogP contribution in [-0.4, -0.2) is 5.11 Å². The molecule has 3 heteroatoms. The lowest BCUT2D eigenvalue weighted by Gasteiger charge is -2.16. The first-order valence-electron chi connectivity index (χ1n) is 8.65. The van der Waals surface area contributed by atoms with Gasteiger partial charge in [-0.05, 0) is 44.4 Å². The van der Waals surface area contributed by atoms with Gasteiger partial charge in [-0.3, -0.25) is 0 Å². The van der Waals surface area contributed by atoms with Crippen LogP contribution in [0.25, 0.3) is 0 Å². The van der Waals surface area contributed by atoms with E-state index in [2.05, 4.69) is 0 Å². The second-order valence-electron chi connectivity index (χ2n) is 5.01. The zero-order valence-electron chi connectivity index (χ0n) is 16.4. The van der Waals surface area contributed by atoms with Crippen LogP contribution in [0.4, 0.5) is 0 Å². The van der Waals surface area contributed by atoms with Gasteiger partial charge in [0.05, 0.1) is 0 Å². The predicted octanol–water partition coefficient (Wildman–Crippen LogP) is 6.19. The summed E-state index contributed by atoms with van der Waals surface area (Å²) in [4.78, 5) is 10.8. The molecule has 0 atom stereocenters. The van der Waals surface area contributed by atoms with Crippen LogP contribution in [0.15, 0.2) is 30.3 Å². The first kappa shape index (κ1) is 22.0. The van der Waals surface area contributed by atoms with Gasteiger partial charge in [-0.1, -0.05) is 58.0 Å². The van der Waals surface area contributed by atoms with Crippen molar-refractivity contribution in [3.05, 3.63) is 58.1 Å². The first-order chi connectivity index (χ1) is 11.5. The Hall–Kier alpha value is -2.00. The Bertz CT molecular complexity index is 575. The minimum atomic E-state index is 0.329. The largest absolute Gasteiger partial charge is 0.507 e. The van der Waals surface area contributed by atoms with Gasteiger partial charge in [-0.25, -0.2) is 0 Å². The van der Waals surface area contributed by atoms with E-state index in [0.717, 1.165) is 27.8 Å². The molecule has 0 aliphatic heterocycles. The maximum absolute atomic E-state index is 10.00. The van der Waals surface area contributed by atoms with Gasteiger partial charge < -0.3 is 9.99 Å². The minimum absolute atomic E-state index is 0.329. The van der Waals surface area contributed by atoms with Gasteiger partial charge in [-0.2, -0.15) is 4.89 Å². The minimum Gasteiger partial charge on any atom is -0.507 e. The van der Waals surface area contributed by atoms with Crippen LogP contribution in [0.5, 0.6) is 11.5 Å². The van der Waals surface area contributed by atoms with E-state index in [-0.39, 0.29) is 0 Å². The summed E-state index contributed by atoms with van der Waals surface area (Å²) in [5.74, 6) is 1.02. The van der Waals surface area contributed by atoms with E-state index in [1.165, 1.54) is 0 Å². The molecule has 0 saturated carbocycles. The number of phenols is 1. The monoisotopic (exact) mass is 332 g/mol. The van der Waals surface area contributed by atoms with Crippen molar-refractivity contribution < 1.29 is 14.9 Å². The van der Waals surface area contributed by atoms with Gasteiger partial charge in [0.25, 0.3) is 0 Å². The molecule has 0 heterocycles. The Kier molecular flexibility index (Phi) is 10.6. The SMILES string of the molecule is CC.CC.Cc1c(C)c(OOCc2ccccc2)c(C)c(C)c1O. The van der Waals surface area contributed by atoms with Crippen molar-refractivity contribution in [3.63, 3.8) is 0 Å². The van der Waals surface area contributed by atoms with E-state index in [1.807, 2.05) is 85.7 Å². The highest BCUT2D eigenvalue weighted by Crippen LogP contribution is 2.36. The molecule has 0 spiro atoms. The van der Waals surface area contributed by atoms with E-state index < -0.39 is 0 Å². The van der Waals surface area contributed by atoms with Gasteiger partial charge >= 0.3 is 0 Å². The zero-order chi connectivity index (χ0) is 18.7. The maximum atomic E-state index is 10.00. The summed E-state index contributed by atoms with van der Waals surface area (Å²) < 4.78 is 0. The quantitative estimate of drug-likeness (QED) is 0.536. The molecule has 0 aliphatic rings. The number of rotatable bonds is 4. The molecule has 0 bridgehead atoms. The molecule has 2 rings (SSSR count). The standard InChI is InChI=1S/C17H20O3.2C2H6/c1-11-13(3)17(14(4)12(2)16(11)18)20-19-10-15-8-6-5-7-9-15;2*1-2/h5-9,18H,10H2,1-4H3;2*1-2H3. The highest BCUT2D eigenvalue weighted by atomic mass is 17.2. The van der Waals surface area contributed by atoms with E-state index in [9.17, 15) is 5.11 Å². The Morgan fingerprint density at radius 2 is 1.21 bits per heavy atom. The van der Waals surface area contributed by atoms with E-state index >= 15 is 0 Å². The van der Waals surface area contributed by atoms with Crippen molar-refractivity contribution in [3.8, 4) is 11.5 Å². The molecule has 134 valence electrons. The molecule has 24 heavy (non-hydrogen) atoms. The number of phenolic OH excluding ortho intramolecular Hbond substituents is 1. The van der Waals surface area contributed by atoms with Gasteiger partial charge in [0.1, 0.15) is 12.4 Å². The molecule has 1 N–H and O–H groups in total. The third-order valence-electron chi connectivity index (χ3n) is 3.73. The third kappa shape index (κ3) is 5.57. The lowest BCUT2D eigenvalue weighted by atomic mass is 9.99. The van der Waals surface area contributed by atoms with Crippen molar-refractivity contribution in [2.75, 3.05) is 0 Å². The number of aromatic hydroxyl groups is 1. The van der Waals surface area contributed by atoms with Crippen molar-refractivity contribution in [2.45, 2.75) is 62.0 Å². The number of hydrogen-bond acceptors (Lipinski definition) is 3. The molecule has 3 nitrogen and oxygen atoms in total. The summed E-state index contributed by atoms with van der Waals surface area (Å²) in [6.07, 6.45) is 0. The van der Waals surface area contributed by atoms with Gasteiger partial charge in [-0.15, -0.1) is 0 Å². The Balaban J connectivity index is 0.00000123. The summed E-state index contributed by atoms with van der Waals surface area (Å²) in [7, 11) is 0. The Morgan fingerprint density at radius 1 is 0.750 bits per heavy atom. The normalized spacial score (nSPS) is 9.33. The van der Waals surface area contributed by atoms with Gasteiger partial charge in [0.15, 0.2) is 5.75 Å². The molecule has 0 amide bonds. The molecule has 2 aromatic rings. The van der Waals surface area contributed by atoms with Crippen LogP contribution < -0.4 is 4.89 Å². The third-order valence-corrected chi connectivity index (χ3v) is 3.73. The van der Waals surface area contributed by atoms with Gasteiger partial charge in [0.2, 0.25) is 0 Å². The van der Waals surface area contributed by atoms with Crippen LogP contribution >= 0.6 is 0 Å². The molecular formula is C21H32O3. The zero-order valence-corrected chi connectivity index (χ0v) is 16.4. The molecule has 0 fully saturated rings. The summed E-state index contributed by atoms with van der Waals surface area (Å²) in [5.41, 5.74) is 4.50. The maximum Gasteiger partial charge on any atom is 0.172 e. The molecule has 0 unspecified atom stereocenters. The average molecular weight is 332 g/mol. The smallest absolute Gasteiger partial charge is 0.172 e. The summed E-state index contributed by atoms with van der Waals surface area (Å²) in [6.45, 7) is 16.0. The fourth-order valence-electron chi connectivity index (χ4n) is 2.11. The van der Waals surface area contributed by atoms with Crippen molar-refractivity contribution in [1.82, 2.24) is 0 Å². The van der Waals surface area contributed by atoms with Gasteiger partial charge in [0, 0.05) is 11.1 Å². The Labute approximate surface area is 147 Å². The summed E-state index contributed by atoms with van der Waals surface area (Å²) >= 11 is 0. The van der Waals surface area contributed by atoms with E-state index in [4.69, 9.17) is 9.78 Å². The van der Waals surface area contributed by atoms with Crippen LogP contribution in [0.2, 0.25) is 0 Å². The lowest BCUT2D eigenvalue weighted by Crippen LogP contribution is -2.03. The molecule has 2 aromatic carbocycles. The van der Waals surface area contributed by atoms with Crippen molar-refractivity contribution >= 4 is 0 Å². The second kappa shape index (κ2) is 11.5. The average Bonchev–Trinajstić information content (AvgIpc) is 2.65. The van der Waals surface area contributed by atoms with Crippen molar-refractivity contribution in [2.24, 2.45) is 0 Å². The van der Waals surface area contributed by atoms with Crippen LogP contribution in [0.1, 0.15) is 55.5 Å². The molecule has 0 saturated heterocycles. The summed E-state index contributed by atoms with van der Waals surface area (Å²) in [5, 5.41) is 10.00. The fourth-order valence-corrected chi connectivity index (χ4v) is 2.11. The van der Waals surface area contributed by atoms with Crippen LogP contribution in [-0.2, 0) is 11.5 Å². The fraction of sp³-hybridized carbons (Fsp3) is 0.429. The second-order valence-corrected chi connectivity index (χ2v) is 5.01. The summed E-state index contributed by atoms with van der Waals surface area (Å²) in [6, 6.07) is 9.85. The molecule has 0 aliphatic carbocycles. The topological polar surface area (TPSA) is 38.7 Å². The Morgan fingerprint density at radius 3 is 1.67 bits per heavy atom.